The number of nitro groups is 1. The summed E-state index contributed by atoms with van der Waals surface area (Å²) in [6.45, 7) is 0. The first kappa shape index (κ1) is 22.2. The molecular formula is C24H21N5O3S. The summed E-state index contributed by atoms with van der Waals surface area (Å²) in [4.78, 5) is 24.7. The molecule has 3 aromatic carbocycles. The lowest BCUT2D eigenvalue weighted by Crippen LogP contribution is -2.28. The summed E-state index contributed by atoms with van der Waals surface area (Å²) in [6.07, 6.45) is 0.611. The van der Waals surface area contributed by atoms with Gasteiger partial charge >= 0.3 is 0 Å². The molecule has 0 saturated carbocycles. The largest absolute Gasteiger partial charge is 0.315 e. The molecule has 1 heterocycles. The van der Waals surface area contributed by atoms with Crippen molar-refractivity contribution in [3.8, 4) is 5.69 Å². The number of carbonyl (C=O) groups is 1. The van der Waals surface area contributed by atoms with Crippen molar-refractivity contribution in [3.63, 3.8) is 0 Å². The summed E-state index contributed by atoms with van der Waals surface area (Å²) >= 11 is 1.30. The van der Waals surface area contributed by atoms with Crippen molar-refractivity contribution in [2.45, 2.75) is 11.6 Å². The topological polar surface area (TPSA) is 94.2 Å². The van der Waals surface area contributed by atoms with Crippen LogP contribution in [0.2, 0.25) is 0 Å². The first-order chi connectivity index (χ1) is 16.0. The summed E-state index contributed by atoms with van der Waals surface area (Å²) in [5, 5.41) is 20.2. The summed E-state index contributed by atoms with van der Waals surface area (Å²) in [5.41, 5.74) is 2.61. The average molecular weight is 460 g/mol. The molecule has 0 unspecified atom stereocenters. The van der Waals surface area contributed by atoms with Crippen molar-refractivity contribution in [2.24, 2.45) is 0 Å². The van der Waals surface area contributed by atoms with Crippen molar-refractivity contribution in [1.29, 1.82) is 0 Å². The van der Waals surface area contributed by atoms with E-state index < -0.39 is 4.92 Å². The van der Waals surface area contributed by atoms with Gasteiger partial charge in [-0.3, -0.25) is 19.5 Å². The number of aromatic nitrogens is 3. The highest BCUT2D eigenvalue weighted by Gasteiger charge is 2.18. The highest BCUT2D eigenvalue weighted by molar-refractivity contribution is 7.99. The number of benzene rings is 3. The monoisotopic (exact) mass is 459 g/mol. The number of carbonyl (C=O) groups excluding carboxylic acids is 1. The summed E-state index contributed by atoms with van der Waals surface area (Å²) in [5.74, 6) is 0.774. The number of anilines is 1. The average Bonchev–Trinajstić information content (AvgIpc) is 3.25. The van der Waals surface area contributed by atoms with E-state index >= 15 is 0 Å². The molecule has 0 atom stereocenters. The van der Waals surface area contributed by atoms with Gasteiger partial charge in [0.25, 0.3) is 5.69 Å². The number of amides is 1. The number of non-ortho nitro benzene ring substituents is 1. The normalized spacial score (nSPS) is 10.7. The van der Waals surface area contributed by atoms with Crippen LogP contribution in [-0.2, 0) is 11.2 Å². The van der Waals surface area contributed by atoms with Crippen LogP contribution in [0.3, 0.4) is 0 Å². The molecular weight excluding hydrogens is 438 g/mol. The fraction of sp³-hybridized carbons (Fsp3) is 0.125. The van der Waals surface area contributed by atoms with E-state index in [-0.39, 0.29) is 17.3 Å². The van der Waals surface area contributed by atoms with E-state index in [2.05, 4.69) is 10.2 Å². The maximum absolute atomic E-state index is 12.8. The Kier molecular flexibility index (Phi) is 6.80. The van der Waals surface area contributed by atoms with Crippen LogP contribution in [0.5, 0.6) is 0 Å². The van der Waals surface area contributed by atoms with Gasteiger partial charge in [-0.15, -0.1) is 10.2 Å². The Hall–Kier alpha value is -3.98. The van der Waals surface area contributed by atoms with Crippen LogP contribution in [0.1, 0.15) is 11.4 Å². The smallest absolute Gasteiger partial charge is 0.269 e. The zero-order valence-electron chi connectivity index (χ0n) is 17.9. The van der Waals surface area contributed by atoms with Crippen LogP contribution in [0.15, 0.2) is 90.1 Å². The van der Waals surface area contributed by atoms with E-state index in [0.29, 0.717) is 17.3 Å². The molecule has 4 rings (SSSR count). The minimum absolute atomic E-state index is 0.0177. The molecule has 0 radical (unpaired) electrons. The fourth-order valence-electron chi connectivity index (χ4n) is 3.29. The lowest BCUT2D eigenvalue weighted by atomic mass is 10.1. The number of hydrogen-bond acceptors (Lipinski definition) is 6. The highest BCUT2D eigenvalue weighted by atomic mass is 32.2. The van der Waals surface area contributed by atoms with Crippen molar-refractivity contribution in [1.82, 2.24) is 14.8 Å². The van der Waals surface area contributed by atoms with Crippen LogP contribution in [0.4, 0.5) is 11.4 Å². The Morgan fingerprint density at radius 1 is 0.970 bits per heavy atom. The van der Waals surface area contributed by atoms with Gasteiger partial charge in [-0.1, -0.05) is 60.3 Å². The molecule has 33 heavy (non-hydrogen) atoms. The Morgan fingerprint density at radius 2 is 1.61 bits per heavy atom. The zero-order valence-corrected chi connectivity index (χ0v) is 18.7. The summed E-state index contributed by atoms with van der Waals surface area (Å²) in [6, 6.07) is 25.7. The first-order valence-corrected chi connectivity index (χ1v) is 11.2. The van der Waals surface area contributed by atoms with E-state index in [0.717, 1.165) is 17.1 Å². The molecule has 0 aliphatic heterocycles. The molecule has 0 fully saturated rings. The van der Waals surface area contributed by atoms with Crippen molar-refractivity contribution in [2.75, 3.05) is 17.7 Å². The standard InChI is InChI=1S/C24H21N5O3S/c1-27(19-12-14-21(15-13-19)29(31)32)23(30)17-33-24-26-25-22(16-18-8-4-2-5-9-18)28(24)20-10-6-3-7-11-20/h2-15H,16-17H2,1H3. The van der Waals surface area contributed by atoms with Gasteiger partial charge in [0.05, 0.1) is 10.7 Å². The molecule has 4 aromatic rings. The van der Waals surface area contributed by atoms with E-state index in [1.54, 1.807) is 19.2 Å². The third kappa shape index (κ3) is 5.27. The van der Waals surface area contributed by atoms with Crippen molar-refractivity contribution in [3.05, 3.63) is 106 Å². The van der Waals surface area contributed by atoms with Crippen LogP contribution in [-0.4, -0.2) is 38.4 Å². The van der Waals surface area contributed by atoms with Gasteiger partial charge in [0.1, 0.15) is 5.82 Å². The number of nitro benzene ring substituents is 1. The molecule has 0 saturated heterocycles. The lowest BCUT2D eigenvalue weighted by molar-refractivity contribution is -0.384. The summed E-state index contributed by atoms with van der Waals surface area (Å²) in [7, 11) is 1.65. The van der Waals surface area contributed by atoms with Gasteiger partial charge < -0.3 is 4.90 Å². The Morgan fingerprint density at radius 3 is 2.24 bits per heavy atom. The molecule has 0 bridgehead atoms. The van der Waals surface area contributed by atoms with Gasteiger partial charge in [0.2, 0.25) is 5.91 Å². The minimum atomic E-state index is -0.467. The zero-order chi connectivity index (χ0) is 23.2. The van der Waals surface area contributed by atoms with E-state index in [1.165, 1.54) is 28.8 Å². The maximum Gasteiger partial charge on any atom is 0.269 e. The van der Waals surface area contributed by atoms with Gasteiger partial charge in [-0.2, -0.15) is 0 Å². The predicted octanol–water partition coefficient (Wildman–Crippen LogP) is 4.52. The number of nitrogens with zero attached hydrogens (tertiary/aromatic N) is 5. The number of hydrogen-bond donors (Lipinski definition) is 0. The SMILES string of the molecule is CN(C(=O)CSc1nnc(Cc2ccccc2)n1-c1ccccc1)c1ccc([N+](=O)[O-])cc1. The number of rotatable bonds is 8. The third-order valence-corrected chi connectivity index (χ3v) is 5.98. The lowest BCUT2D eigenvalue weighted by Gasteiger charge is -2.17. The van der Waals surface area contributed by atoms with Gasteiger partial charge in [-0.05, 0) is 29.8 Å². The fourth-order valence-corrected chi connectivity index (χ4v) is 4.17. The van der Waals surface area contributed by atoms with E-state index in [9.17, 15) is 14.9 Å². The van der Waals surface area contributed by atoms with Gasteiger partial charge in [-0.25, -0.2) is 0 Å². The van der Waals surface area contributed by atoms with Crippen molar-refractivity contribution < 1.29 is 9.72 Å². The maximum atomic E-state index is 12.8. The number of para-hydroxylation sites is 1. The molecule has 0 aliphatic rings. The second-order valence-electron chi connectivity index (χ2n) is 7.25. The molecule has 1 aromatic heterocycles. The third-order valence-electron chi connectivity index (χ3n) is 5.07. The first-order valence-electron chi connectivity index (χ1n) is 10.2. The van der Waals surface area contributed by atoms with Crippen LogP contribution in [0, 0.1) is 10.1 Å². The Balaban J connectivity index is 1.52. The predicted molar refractivity (Wildman–Crippen MR) is 128 cm³/mol. The highest BCUT2D eigenvalue weighted by Crippen LogP contribution is 2.25. The molecule has 0 aliphatic carbocycles. The number of thioether (sulfide) groups is 1. The Bertz CT molecular complexity index is 1240. The van der Waals surface area contributed by atoms with Gasteiger partial charge in [0.15, 0.2) is 5.16 Å². The quantitative estimate of drug-likeness (QED) is 0.218. The second kappa shape index (κ2) is 10.1. The second-order valence-corrected chi connectivity index (χ2v) is 8.19. The molecule has 1 amide bonds. The summed E-state index contributed by atoms with van der Waals surface area (Å²) < 4.78 is 1.97. The molecule has 9 heteroatoms. The molecule has 0 N–H and O–H groups in total. The Labute approximate surface area is 195 Å². The molecule has 0 spiro atoms. The molecule has 166 valence electrons. The van der Waals surface area contributed by atoms with E-state index in [1.807, 2.05) is 65.2 Å². The minimum Gasteiger partial charge on any atom is -0.315 e. The molecule has 8 nitrogen and oxygen atoms in total. The van der Waals surface area contributed by atoms with Crippen LogP contribution >= 0.6 is 11.8 Å². The van der Waals surface area contributed by atoms with Crippen LogP contribution < -0.4 is 4.90 Å². The van der Waals surface area contributed by atoms with Crippen molar-refractivity contribution >= 4 is 29.0 Å². The van der Waals surface area contributed by atoms with Gasteiger partial charge in [0, 0.05) is 37.0 Å². The van der Waals surface area contributed by atoms with E-state index in [4.69, 9.17) is 0 Å². The van der Waals surface area contributed by atoms with Crippen LogP contribution in [0.25, 0.3) is 5.69 Å².